The molecule has 3 aromatic rings. The fraction of sp³-hybridized carbons (Fsp3) is 0.517. The summed E-state index contributed by atoms with van der Waals surface area (Å²) in [5.41, 5.74) is 1.38. The molecule has 1 saturated heterocycles. The van der Waals surface area contributed by atoms with Gasteiger partial charge < -0.3 is 29.6 Å². The second kappa shape index (κ2) is 11.6. The number of hydrogen-bond donors (Lipinski definition) is 2. The Bertz CT molecular complexity index is 1450. The van der Waals surface area contributed by atoms with E-state index in [-0.39, 0.29) is 29.9 Å². The standard InChI is InChI=1S/C29H35ClN6O4/c1-31-26(37)17-39-25-15-18-14-19(8-9-24(18)36(28(25)38)20-4-2-5-20)33-27-23(30)16-32-29(34-27)35-12-10-22(11-13-35)40-21-6-3-7-21/h8-9,14-16,20-22H,2-7,10-13,17H2,1H3,(H,31,37)(H,32,33,34). The number of amides is 1. The highest BCUT2D eigenvalue weighted by molar-refractivity contribution is 6.32. The normalized spacial score (nSPS) is 18.3. The van der Waals surface area contributed by atoms with E-state index in [0.717, 1.165) is 61.8 Å². The quantitative estimate of drug-likeness (QED) is 0.387. The average molecular weight is 567 g/mol. The molecular formula is C29H35ClN6O4. The Hall–Kier alpha value is -3.37. The van der Waals surface area contributed by atoms with Gasteiger partial charge in [-0.15, -0.1) is 0 Å². The van der Waals surface area contributed by atoms with Crippen LogP contribution < -0.4 is 25.8 Å². The largest absolute Gasteiger partial charge is 0.478 e. The van der Waals surface area contributed by atoms with Crippen LogP contribution in [0.2, 0.25) is 5.02 Å². The van der Waals surface area contributed by atoms with Crippen molar-refractivity contribution in [2.24, 2.45) is 0 Å². The van der Waals surface area contributed by atoms with Crippen LogP contribution in [0.4, 0.5) is 17.5 Å². The van der Waals surface area contributed by atoms with Crippen molar-refractivity contribution < 1.29 is 14.3 Å². The number of fused-ring (bicyclic) bond motifs is 1. The van der Waals surface area contributed by atoms with Gasteiger partial charge in [0.2, 0.25) is 5.95 Å². The predicted molar refractivity (Wildman–Crippen MR) is 155 cm³/mol. The second-order valence-corrected chi connectivity index (χ2v) is 11.3. The highest BCUT2D eigenvalue weighted by atomic mass is 35.5. The molecule has 3 fully saturated rings. The van der Waals surface area contributed by atoms with Gasteiger partial charge >= 0.3 is 0 Å². The zero-order chi connectivity index (χ0) is 27.6. The molecule has 1 aliphatic heterocycles. The van der Waals surface area contributed by atoms with Crippen molar-refractivity contribution in [1.29, 1.82) is 0 Å². The smallest absolute Gasteiger partial charge is 0.293 e. The molecule has 1 aromatic carbocycles. The number of halogens is 1. The molecule has 6 rings (SSSR count). The molecule has 2 saturated carbocycles. The molecule has 0 bridgehead atoms. The summed E-state index contributed by atoms with van der Waals surface area (Å²) in [4.78, 5) is 36.4. The molecule has 11 heteroatoms. The molecule has 3 aliphatic rings. The third-order valence-corrected chi connectivity index (χ3v) is 8.51. The van der Waals surface area contributed by atoms with E-state index in [2.05, 4.69) is 20.5 Å². The minimum atomic E-state index is -0.297. The van der Waals surface area contributed by atoms with Crippen LogP contribution in [0, 0.1) is 0 Å². The predicted octanol–water partition coefficient (Wildman–Crippen LogP) is 4.58. The molecule has 1 amide bonds. The van der Waals surface area contributed by atoms with E-state index < -0.39 is 0 Å². The maximum absolute atomic E-state index is 13.3. The molecule has 0 atom stereocenters. The first kappa shape index (κ1) is 26.8. The number of ether oxygens (including phenoxy) is 2. The van der Waals surface area contributed by atoms with Crippen LogP contribution in [0.1, 0.15) is 57.4 Å². The van der Waals surface area contributed by atoms with Crippen LogP contribution in [0.25, 0.3) is 10.9 Å². The van der Waals surface area contributed by atoms with E-state index in [1.54, 1.807) is 16.8 Å². The number of benzene rings is 1. The van der Waals surface area contributed by atoms with Crippen molar-refractivity contribution >= 4 is 45.9 Å². The highest BCUT2D eigenvalue weighted by Gasteiger charge is 2.27. The Morgan fingerprint density at radius 2 is 1.82 bits per heavy atom. The van der Waals surface area contributed by atoms with E-state index >= 15 is 0 Å². The summed E-state index contributed by atoms with van der Waals surface area (Å²) in [6, 6.07) is 7.62. The molecule has 2 aliphatic carbocycles. The zero-order valence-corrected chi connectivity index (χ0v) is 23.5. The number of pyridine rings is 1. The number of piperidine rings is 1. The van der Waals surface area contributed by atoms with Gasteiger partial charge in [-0.3, -0.25) is 9.59 Å². The van der Waals surface area contributed by atoms with Crippen LogP contribution in [0.3, 0.4) is 0 Å². The van der Waals surface area contributed by atoms with Gasteiger partial charge in [0.25, 0.3) is 11.5 Å². The summed E-state index contributed by atoms with van der Waals surface area (Å²) in [5, 5.41) is 7.10. The fourth-order valence-corrected chi connectivity index (χ4v) is 5.57. The first-order chi connectivity index (χ1) is 19.5. The van der Waals surface area contributed by atoms with Crippen molar-refractivity contribution in [2.45, 2.75) is 69.6 Å². The van der Waals surface area contributed by atoms with Crippen LogP contribution in [-0.2, 0) is 9.53 Å². The Morgan fingerprint density at radius 1 is 1.07 bits per heavy atom. The van der Waals surface area contributed by atoms with Crippen LogP contribution >= 0.6 is 11.6 Å². The first-order valence-electron chi connectivity index (χ1n) is 14.2. The SMILES string of the molecule is CNC(=O)COc1cc2cc(Nc3nc(N4CCC(OC5CCC5)CC4)ncc3Cl)ccc2n(C2CCC2)c1=O. The molecular weight excluding hydrogens is 532 g/mol. The van der Waals surface area contributed by atoms with E-state index in [1.807, 2.05) is 18.2 Å². The Morgan fingerprint density at radius 3 is 2.50 bits per heavy atom. The summed E-state index contributed by atoms with van der Waals surface area (Å²) >= 11 is 6.50. The van der Waals surface area contributed by atoms with Crippen molar-refractivity contribution in [3.63, 3.8) is 0 Å². The lowest BCUT2D eigenvalue weighted by Crippen LogP contribution is -2.40. The van der Waals surface area contributed by atoms with E-state index in [9.17, 15) is 9.59 Å². The van der Waals surface area contributed by atoms with Gasteiger partial charge in [-0.1, -0.05) is 11.6 Å². The number of hydrogen-bond acceptors (Lipinski definition) is 8. The van der Waals surface area contributed by atoms with Gasteiger partial charge in [0, 0.05) is 37.3 Å². The lowest BCUT2D eigenvalue weighted by Gasteiger charge is -2.36. The van der Waals surface area contributed by atoms with Gasteiger partial charge in [0.15, 0.2) is 18.2 Å². The van der Waals surface area contributed by atoms with Gasteiger partial charge in [-0.05, 0) is 75.6 Å². The molecule has 0 spiro atoms. The molecule has 2 N–H and O–H groups in total. The van der Waals surface area contributed by atoms with Crippen LogP contribution in [-0.4, -0.2) is 59.4 Å². The van der Waals surface area contributed by atoms with Crippen molar-refractivity contribution in [1.82, 2.24) is 19.9 Å². The number of aromatic nitrogens is 3. The minimum Gasteiger partial charge on any atom is -0.478 e. The number of nitrogens with one attached hydrogen (secondary N) is 2. The highest BCUT2D eigenvalue weighted by Crippen LogP contribution is 2.35. The minimum absolute atomic E-state index is 0.125. The summed E-state index contributed by atoms with van der Waals surface area (Å²) in [6.07, 6.45) is 10.9. The molecule has 40 heavy (non-hydrogen) atoms. The number of carbonyl (C=O) groups excluding carboxylic acids is 1. The van der Waals surface area contributed by atoms with E-state index in [1.165, 1.54) is 26.3 Å². The third-order valence-electron chi connectivity index (χ3n) is 8.24. The van der Waals surface area contributed by atoms with Gasteiger partial charge in [-0.2, -0.15) is 4.98 Å². The first-order valence-corrected chi connectivity index (χ1v) is 14.6. The topological polar surface area (TPSA) is 111 Å². The maximum atomic E-state index is 13.3. The number of anilines is 3. The third kappa shape index (κ3) is 5.60. The summed E-state index contributed by atoms with van der Waals surface area (Å²) < 4.78 is 13.6. The molecule has 0 radical (unpaired) electrons. The average Bonchev–Trinajstić information content (AvgIpc) is 2.91. The number of nitrogens with zero attached hydrogens (tertiary/aromatic N) is 4. The summed E-state index contributed by atoms with van der Waals surface area (Å²) in [7, 11) is 1.53. The second-order valence-electron chi connectivity index (χ2n) is 10.9. The number of likely N-dealkylation sites (N-methyl/N-ethyl adjacent to an activating group) is 1. The molecule has 0 unspecified atom stereocenters. The van der Waals surface area contributed by atoms with Gasteiger partial charge in [0.1, 0.15) is 5.02 Å². The summed E-state index contributed by atoms with van der Waals surface area (Å²) in [6.45, 7) is 1.46. The van der Waals surface area contributed by atoms with Gasteiger partial charge in [-0.25, -0.2) is 4.98 Å². The summed E-state index contributed by atoms with van der Waals surface area (Å²) in [5.74, 6) is 1.02. The Labute approximate surface area is 238 Å². The lowest BCUT2D eigenvalue weighted by atomic mass is 9.92. The van der Waals surface area contributed by atoms with E-state index in [4.69, 9.17) is 26.1 Å². The monoisotopic (exact) mass is 566 g/mol. The number of rotatable bonds is 9. The molecule has 2 aromatic heterocycles. The maximum Gasteiger partial charge on any atom is 0.293 e. The van der Waals surface area contributed by atoms with E-state index in [0.29, 0.717) is 29.0 Å². The van der Waals surface area contributed by atoms with Crippen molar-refractivity contribution in [3.8, 4) is 5.75 Å². The van der Waals surface area contributed by atoms with Crippen LogP contribution in [0.5, 0.6) is 5.75 Å². The van der Waals surface area contributed by atoms with Crippen LogP contribution in [0.15, 0.2) is 35.3 Å². The number of carbonyl (C=O) groups is 1. The van der Waals surface area contributed by atoms with Gasteiger partial charge in [0.05, 0.1) is 23.9 Å². The Balaban J connectivity index is 1.22. The molecule has 3 heterocycles. The molecule has 10 nitrogen and oxygen atoms in total. The van der Waals surface area contributed by atoms with Crippen molar-refractivity contribution in [2.75, 3.05) is 37.0 Å². The zero-order valence-electron chi connectivity index (χ0n) is 22.7. The Kier molecular flexibility index (Phi) is 7.80. The molecule has 212 valence electrons. The fourth-order valence-electron chi connectivity index (χ4n) is 5.43. The lowest BCUT2D eigenvalue weighted by molar-refractivity contribution is -0.122. The van der Waals surface area contributed by atoms with Crippen molar-refractivity contribution in [3.05, 3.63) is 45.8 Å².